The molecular formula is C31H40N2O. The van der Waals surface area contributed by atoms with E-state index in [4.69, 9.17) is 4.74 Å². The molecule has 1 aliphatic heterocycles. The lowest BCUT2D eigenvalue weighted by Gasteiger charge is -2.40. The minimum atomic E-state index is 0.610. The molecule has 3 nitrogen and oxygen atoms in total. The molecule has 1 fully saturated rings. The Balaban J connectivity index is 1.33. The predicted molar refractivity (Wildman–Crippen MR) is 144 cm³/mol. The summed E-state index contributed by atoms with van der Waals surface area (Å²) in [5.41, 5.74) is 3.97. The second-order valence-corrected chi connectivity index (χ2v) is 9.95. The molecule has 1 heterocycles. The van der Waals surface area contributed by atoms with Crippen LogP contribution in [0.15, 0.2) is 84.9 Å². The Morgan fingerprint density at radius 2 is 1.44 bits per heavy atom. The highest BCUT2D eigenvalue weighted by atomic mass is 16.5. The standard InChI is InChI=1S/C31H40N2O/c1-26(2)17-24-33(29-13-15-31(16-14-29)34-25-28-11-7-4-8-12-28)30-19-22-32(23-20-30)21-18-27-9-5-3-6-10-27/h3-16,26,30H,17-25H2,1-2H3. The van der Waals surface area contributed by atoms with Gasteiger partial charge in [0, 0.05) is 37.9 Å². The zero-order chi connectivity index (χ0) is 23.6. The van der Waals surface area contributed by atoms with Gasteiger partial charge in [0.15, 0.2) is 0 Å². The van der Waals surface area contributed by atoms with E-state index in [1.54, 1.807) is 0 Å². The highest BCUT2D eigenvalue weighted by molar-refractivity contribution is 5.50. The van der Waals surface area contributed by atoms with Crippen LogP contribution >= 0.6 is 0 Å². The van der Waals surface area contributed by atoms with E-state index in [2.05, 4.69) is 103 Å². The van der Waals surface area contributed by atoms with Crippen molar-refractivity contribution in [3.63, 3.8) is 0 Å². The number of hydrogen-bond acceptors (Lipinski definition) is 3. The van der Waals surface area contributed by atoms with E-state index < -0.39 is 0 Å². The third-order valence-electron chi connectivity index (χ3n) is 6.92. The van der Waals surface area contributed by atoms with E-state index in [-0.39, 0.29) is 0 Å². The van der Waals surface area contributed by atoms with Crippen molar-refractivity contribution in [1.29, 1.82) is 0 Å². The summed E-state index contributed by atoms with van der Waals surface area (Å²) in [6.07, 6.45) is 4.84. The highest BCUT2D eigenvalue weighted by Gasteiger charge is 2.25. The van der Waals surface area contributed by atoms with Crippen LogP contribution in [-0.2, 0) is 13.0 Å². The molecule has 0 saturated carbocycles. The van der Waals surface area contributed by atoms with Crippen LogP contribution < -0.4 is 9.64 Å². The zero-order valence-corrected chi connectivity index (χ0v) is 20.9. The second kappa shape index (κ2) is 12.6. The van der Waals surface area contributed by atoms with E-state index >= 15 is 0 Å². The molecule has 1 aliphatic rings. The van der Waals surface area contributed by atoms with Gasteiger partial charge < -0.3 is 14.5 Å². The highest BCUT2D eigenvalue weighted by Crippen LogP contribution is 2.27. The number of hydrogen-bond donors (Lipinski definition) is 0. The van der Waals surface area contributed by atoms with Crippen LogP contribution in [0.25, 0.3) is 0 Å². The number of rotatable bonds is 11. The first-order valence-electron chi connectivity index (χ1n) is 13.0. The molecule has 3 aromatic rings. The molecule has 0 aromatic heterocycles. The molecule has 0 aliphatic carbocycles. The summed E-state index contributed by atoms with van der Waals surface area (Å²) in [5, 5.41) is 0. The minimum Gasteiger partial charge on any atom is -0.489 e. The van der Waals surface area contributed by atoms with Gasteiger partial charge in [-0.1, -0.05) is 74.5 Å². The molecule has 3 aromatic carbocycles. The van der Waals surface area contributed by atoms with Crippen molar-refractivity contribution in [2.75, 3.05) is 31.1 Å². The SMILES string of the molecule is CC(C)CCN(c1ccc(OCc2ccccc2)cc1)C1CCN(CCc2ccccc2)CC1. The molecule has 0 radical (unpaired) electrons. The van der Waals surface area contributed by atoms with E-state index in [1.165, 1.54) is 49.2 Å². The van der Waals surface area contributed by atoms with Gasteiger partial charge in [0.1, 0.15) is 12.4 Å². The quantitative estimate of drug-likeness (QED) is 0.315. The third kappa shape index (κ3) is 7.36. The summed E-state index contributed by atoms with van der Waals surface area (Å²) in [7, 11) is 0. The number of benzene rings is 3. The van der Waals surface area contributed by atoms with Gasteiger partial charge in [0.25, 0.3) is 0 Å². The lowest BCUT2D eigenvalue weighted by atomic mass is 10.00. The third-order valence-corrected chi connectivity index (χ3v) is 6.92. The van der Waals surface area contributed by atoms with Gasteiger partial charge in [0.05, 0.1) is 0 Å². The Labute approximate surface area is 206 Å². The van der Waals surface area contributed by atoms with Crippen molar-refractivity contribution < 1.29 is 4.74 Å². The fourth-order valence-electron chi connectivity index (χ4n) is 4.78. The van der Waals surface area contributed by atoms with Crippen molar-refractivity contribution in [2.45, 2.75) is 52.2 Å². The largest absolute Gasteiger partial charge is 0.489 e. The Morgan fingerprint density at radius 1 is 0.824 bits per heavy atom. The molecule has 0 unspecified atom stereocenters. The monoisotopic (exact) mass is 456 g/mol. The fraction of sp³-hybridized carbons (Fsp3) is 0.419. The van der Waals surface area contributed by atoms with Crippen molar-refractivity contribution in [3.05, 3.63) is 96.1 Å². The fourth-order valence-corrected chi connectivity index (χ4v) is 4.78. The molecule has 4 rings (SSSR count). The van der Waals surface area contributed by atoms with Crippen molar-refractivity contribution >= 4 is 5.69 Å². The van der Waals surface area contributed by atoms with E-state index in [0.717, 1.165) is 25.3 Å². The number of anilines is 1. The number of nitrogens with zero attached hydrogens (tertiary/aromatic N) is 2. The van der Waals surface area contributed by atoms with E-state index in [1.807, 2.05) is 6.07 Å². The van der Waals surface area contributed by atoms with Crippen LogP contribution in [-0.4, -0.2) is 37.1 Å². The summed E-state index contributed by atoms with van der Waals surface area (Å²) in [4.78, 5) is 5.31. The van der Waals surface area contributed by atoms with Gasteiger partial charge in [-0.2, -0.15) is 0 Å². The molecule has 180 valence electrons. The summed E-state index contributed by atoms with van der Waals surface area (Å²) in [6.45, 7) is 9.92. The van der Waals surface area contributed by atoms with Crippen LogP contribution in [0.5, 0.6) is 5.75 Å². The van der Waals surface area contributed by atoms with Crippen LogP contribution in [0.2, 0.25) is 0 Å². The van der Waals surface area contributed by atoms with E-state index in [0.29, 0.717) is 18.6 Å². The predicted octanol–water partition coefficient (Wildman–Crippen LogP) is 6.83. The molecule has 1 saturated heterocycles. The maximum Gasteiger partial charge on any atom is 0.119 e. The van der Waals surface area contributed by atoms with Gasteiger partial charge in [-0.05, 0) is 67.0 Å². The molecular weight excluding hydrogens is 416 g/mol. The topological polar surface area (TPSA) is 15.7 Å². The maximum absolute atomic E-state index is 6.02. The van der Waals surface area contributed by atoms with Crippen molar-refractivity contribution in [3.8, 4) is 5.75 Å². The van der Waals surface area contributed by atoms with Crippen LogP contribution in [0, 0.1) is 5.92 Å². The summed E-state index contributed by atoms with van der Waals surface area (Å²) in [5.74, 6) is 1.65. The summed E-state index contributed by atoms with van der Waals surface area (Å²) in [6, 6.07) is 30.6. The molecule has 0 bridgehead atoms. The lowest BCUT2D eigenvalue weighted by Crippen LogP contribution is -2.46. The number of likely N-dealkylation sites (tertiary alicyclic amines) is 1. The Hall–Kier alpha value is -2.78. The average Bonchev–Trinajstić information content (AvgIpc) is 2.89. The van der Waals surface area contributed by atoms with Crippen LogP contribution in [0.4, 0.5) is 5.69 Å². The molecule has 0 N–H and O–H groups in total. The van der Waals surface area contributed by atoms with Gasteiger partial charge in [-0.25, -0.2) is 0 Å². The average molecular weight is 457 g/mol. The molecule has 0 spiro atoms. The van der Waals surface area contributed by atoms with Crippen molar-refractivity contribution in [1.82, 2.24) is 4.90 Å². The molecule has 0 amide bonds. The first-order chi connectivity index (χ1) is 16.7. The van der Waals surface area contributed by atoms with Crippen LogP contribution in [0.3, 0.4) is 0 Å². The normalized spacial score (nSPS) is 14.9. The van der Waals surface area contributed by atoms with Gasteiger partial charge in [-0.3, -0.25) is 0 Å². The van der Waals surface area contributed by atoms with Gasteiger partial charge in [0.2, 0.25) is 0 Å². The van der Waals surface area contributed by atoms with Crippen molar-refractivity contribution in [2.24, 2.45) is 5.92 Å². The van der Waals surface area contributed by atoms with E-state index in [9.17, 15) is 0 Å². The van der Waals surface area contributed by atoms with Gasteiger partial charge in [-0.15, -0.1) is 0 Å². The minimum absolute atomic E-state index is 0.610. The molecule has 34 heavy (non-hydrogen) atoms. The first kappa shape index (κ1) is 24.3. The Kier molecular flexibility index (Phi) is 9.04. The smallest absolute Gasteiger partial charge is 0.119 e. The first-order valence-corrected chi connectivity index (χ1v) is 13.0. The number of piperidine rings is 1. The molecule has 0 atom stereocenters. The van der Waals surface area contributed by atoms with Crippen LogP contribution in [0.1, 0.15) is 44.2 Å². The summed E-state index contributed by atoms with van der Waals surface area (Å²) >= 11 is 0. The Morgan fingerprint density at radius 3 is 2.06 bits per heavy atom. The second-order valence-electron chi connectivity index (χ2n) is 9.95. The lowest BCUT2D eigenvalue weighted by molar-refractivity contribution is 0.210. The maximum atomic E-state index is 6.02. The Bertz CT molecular complexity index is 948. The molecule has 3 heteroatoms. The zero-order valence-electron chi connectivity index (χ0n) is 20.9. The van der Waals surface area contributed by atoms with Gasteiger partial charge >= 0.3 is 0 Å². The number of ether oxygens (including phenoxy) is 1. The summed E-state index contributed by atoms with van der Waals surface area (Å²) < 4.78 is 6.02.